The van der Waals surface area contributed by atoms with E-state index in [1.54, 1.807) is 54.9 Å². The lowest BCUT2D eigenvalue weighted by atomic mass is 9.70. The number of thiazole rings is 1. The van der Waals surface area contributed by atoms with Crippen LogP contribution in [0.25, 0.3) is 11.3 Å². The molecule has 13 nitrogen and oxygen atoms in total. The molecule has 3 aliphatic carbocycles. The van der Waals surface area contributed by atoms with E-state index >= 15 is 0 Å². The first kappa shape index (κ1) is 56.5. The Morgan fingerprint density at radius 1 is 0.844 bits per heavy atom. The number of aryl methyl sites for hydroxylation is 2. The third-order valence-electron chi connectivity index (χ3n) is 14.3. The molecule has 2 unspecified atom stereocenters. The van der Waals surface area contributed by atoms with Crippen molar-refractivity contribution in [3.8, 4) is 6.07 Å². The zero-order valence-corrected chi connectivity index (χ0v) is 44.9. The predicted octanol–water partition coefficient (Wildman–Crippen LogP) is 11.3. The number of carbonyl (C=O) groups is 3. The molecule has 0 saturated heterocycles. The summed E-state index contributed by atoms with van der Waals surface area (Å²) in [6, 6.07) is 24.3. The molecule has 3 aromatic carbocycles. The topological polar surface area (TPSA) is 174 Å². The molecule has 2 fully saturated rings. The van der Waals surface area contributed by atoms with E-state index in [0.29, 0.717) is 69.2 Å². The van der Waals surface area contributed by atoms with Crippen molar-refractivity contribution in [2.45, 2.75) is 121 Å². The number of hydrazone groups is 1. The second-order valence-corrected chi connectivity index (χ2v) is 21.7. The van der Waals surface area contributed by atoms with Crippen molar-refractivity contribution in [3.05, 3.63) is 135 Å². The van der Waals surface area contributed by atoms with E-state index < -0.39 is 35.0 Å². The lowest BCUT2D eigenvalue weighted by Gasteiger charge is -2.37. The highest BCUT2D eigenvalue weighted by Gasteiger charge is 2.43. The highest BCUT2D eigenvalue weighted by Crippen LogP contribution is 2.43. The predicted molar refractivity (Wildman–Crippen MR) is 296 cm³/mol. The van der Waals surface area contributed by atoms with E-state index in [1.807, 2.05) is 30.3 Å². The zero-order valence-electron chi connectivity index (χ0n) is 43.3. The number of nitrogens with one attached hydrogen (secondary N) is 1. The van der Waals surface area contributed by atoms with Crippen LogP contribution in [0.15, 0.2) is 112 Å². The molecule has 0 bridgehead atoms. The van der Waals surface area contributed by atoms with Gasteiger partial charge < -0.3 is 18.9 Å². The first-order valence-corrected chi connectivity index (χ1v) is 28.1. The molecule has 4 aromatic rings. The standard InChI is InChI=1S/C59H63F3N6O7S2/c1-4-7-38-10-12-41(13-11-38)36-65-68-58-67-51-52(75-57(71)45-22-20-42(21-23-45)43-24-28-47(29-25-43)72-33-34-74-55(69)37(3)59(60,61)62)54-50(66-49(76-54)9-6-31-64-46-26-16-40(35-63)17-27-46)48(53(51)77-58)30-32-73-56(70)44-18-14-39(8-5-2)15-19-44/h6,9-19,26-27,31,36,42-43,45,47,50,54H,3-5,7-8,20-25,28-30,32-34H2,1-2H3,(H,67,68)/b9-6+,64-31+,65-36+. The fraction of sp³-hybridized carbons (Fsp3) is 0.424. The molecule has 2 heterocycles. The van der Waals surface area contributed by atoms with Crippen molar-refractivity contribution in [2.24, 2.45) is 32.8 Å². The summed E-state index contributed by atoms with van der Waals surface area (Å²) in [6.45, 7) is 6.84. The van der Waals surface area contributed by atoms with Gasteiger partial charge in [0.05, 0.1) is 75.2 Å². The maximum absolute atomic E-state index is 14.5. The maximum atomic E-state index is 14.5. The molecule has 8 rings (SSSR count). The zero-order chi connectivity index (χ0) is 54.3. The average Bonchev–Trinajstić information content (AvgIpc) is 4.10. The number of hydrogen-bond donors (Lipinski definition) is 1. The largest absolute Gasteiger partial charge is 0.462 e. The Bertz CT molecular complexity index is 3020. The monoisotopic (exact) mass is 1090 g/mol. The maximum Gasteiger partial charge on any atom is 0.422 e. The summed E-state index contributed by atoms with van der Waals surface area (Å²) < 4.78 is 62.1. The van der Waals surface area contributed by atoms with Crippen molar-refractivity contribution in [1.29, 1.82) is 5.26 Å². The molecule has 2 saturated carbocycles. The molecule has 1 aromatic heterocycles. The fourth-order valence-corrected chi connectivity index (χ4v) is 12.4. The molecule has 0 amide bonds. The number of rotatable bonds is 22. The van der Waals surface area contributed by atoms with E-state index in [4.69, 9.17) is 28.9 Å². The van der Waals surface area contributed by atoms with Gasteiger partial charge in [0.2, 0.25) is 5.13 Å². The van der Waals surface area contributed by atoms with E-state index in [9.17, 15) is 32.8 Å². The van der Waals surface area contributed by atoms with Crippen LogP contribution in [0.5, 0.6) is 0 Å². The Balaban J connectivity index is 0.992. The van der Waals surface area contributed by atoms with Crippen LogP contribution in [0.2, 0.25) is 0 Å². The molecule has 4 aliphatic rings. The third-order valence-corrected chi connectivity index (χ3v) is 16.5. The summed E-state index contributed by atoms with van der Waals surface area (Å²) in [5.74, 6) is -1.26. The van der Waals surface area contributed by atoms with Crippen molar-refractivity contribution in [2.75, 3.05) is 25.2 Å². The molecular formula is C59H63F3N6O7S2. The summed E-state index contributed by atoms with van der Waals surface area (Å²) in [5.41, 5.74) is 7.51. The van der Waals surface area contributed by atoms with Crippen molar-refractivity contribution >= 4 is 80.6 Å². The molecule has 0 spiro atoms. The van der Waals surface area contributed by atoms with E-state index in [2.05, 4.69) is 54.1 Å². The van der Waals surface area contributed by atoms with Crippen LogP contribution in [0, 0.1) is 29.1 Å². The molecule has 1 aliphatic heterocycles. The quantitative estimate of drug-likeness (QED) is 0.0198. The number of fused-ring (bicyclic) bond motifs is 2. The number of ether oxygens (including phenoxy) is 4. The molecule has 404 valence electrons. The number of alkyl halides is 3. The van der Waals surface area contributed by atoms with Crippen molar-refractivity contribution in [1.82, 2.24) is 4.98 Å². The summed E-state index contributed by atoms with van der Waals surface area (Å²) >= 11 is 2.85. The third kappa shape index (κ3) is 15.3. The Hall–Kier alpha value is -6.68. The van der Waals surface area contributed by atoms with Gasteiger partial charge in [0.25, 0.3) is 0 Å². The van der Waals surface area contributed by atoms with E-state index in [0.717, 1.165) is 85.4 Å². The van der Waals surface area contributed by atoms with Crippen LogP contribution in [0.4, 0.5) is 24.0 Å². The number of anilines is 1. The van der Waals surface area contributed by atoms with Crippen LogP contribution in [-0.2, 0) is 41.4 Å². The second kappa shape index (κ2) is 27.1. The van der Waals surface area contributed by atoms with Gasteiger partial charge in [-0.25, -0.2) is 14.6 Å². The van der Waals surface area contributed by atoms with Gasteiger partial charge in [0, 0.05) is 12.6 Å². The molecule has 2 atom stereocenters. The van der Waals surface area contributed by atoms with Gasteiger partial charge in [-0.3, -0.25) is 20.2 Å². The fourth-order valence-electron chi connectivity index (χ4n) is 10.2. The number of allylic oxidation sites excluding steroid dienone is 1. The molecule has 18 heteroatoms. The number of esters is 3. The minimum absolute atomic E-state index is 0.00421. The smallest absolute Gasteiger partial charge is 0.422 e. The summed E-state index contributed by atoms with van der Waals surface area (Å²) in [6.07, 6.45) is 13.0. The van der Waals surface area contributed by atoms with Crippen LogP contribution < -0.4 is 15.3 Å². The molecule has 77 heavy (non-hydrogen) atoms. The SMILES string of the molecule is C=C(C(=O)OCCOC1CCC(C2CCC(C(=O)OC3=c4nc(N/N=C/c5ccc(CCC)cc5)sc4=C(CCOC(=O)c4ccc(CCC)cc4)C4N=C(/C=C/C=N/c5ccc(C#N)cc5)SC34)CC2)CC1)C(F)(F)F. The number of nitriles is 1. The van der Waals surface area contributed by atoms with Gasteiger partial charge >= 0.3 is 24.1 Å². The normalized spacial score (nSPS) is 21.4. The Labute approximate surface area is 455 Å². The second-order valence-electron chi connectivity index (χ2n) is 19.6. The number of benzene rings is 3. The average molecular weight is 1090 g/mol. The van der Waals surface area contributed by atoms with Crippen molar-refractivity contribution in [3.63, 3.8) is 0 Å². The van der Waals surface area contributed by atoms with Gasteiger partial charge in [-0.15, -0.1) is 0 Å². The number of aliphatic imine (C=N–C) groups is 2. The van der Waals surface area contributed by atoms with Gasteiger partial charge in [0.15, 0.2) is 5.76 Å². The van der Waals surface area contributed by atoms with Crippen LogP contribution in [0.3, 0.4) is 0 Å². The number of halogens is 3. The summed E-state index contributed by atoms with van der Waals surface area (Å²) in [5, 5.41) is 15.0. The van der Waals surface area contributed by atoms with Gasteiger partial charge in [-0.1, -0.05) is 92.8 Å². The summed E-state index contributed by atoms with van der Waals surface area (Å²) in [7, 11) is 0. The number of aromatic nitrogens is 1. The number of carbonyl (C=O) groups excluding carboxylic acids is 3. The molecular weight excluding hydrogens is 1030 g/mol. The number of nitrogens with zero attached hydrogens (tertiary/aromatic N) is 5. The summed E-state index contributed by atoms with van der Waals surface area (Å²) in [4.78, 5) is 54.3. The van der Waals surface area contributed by atoms with Gasteiger partial charge in [-0.2, -0.15) is 23.5 Å². The highest BCUT2D eigenvalue weighted by molar-refractivity contribution is 8.15. The Morgan fingerprint density at radius 2 is 1.51 bits per heavy atom. The minimum Gasteiger partial charge on any atom is -0.462 e. The van der Waals surface area contributed by atoms with Crippen molar-refractivity contribution < 1.29 is 46.5 Å². The first-order valence-electron chi connectivity index (χ1n) is 26.4. The lowest BCUT2D eigenvalue weighted by Crippen LogP contribution is -2.43. The molecule has 0 radical (unpaired) electrons. The highest BCUT2D eigenvalue weighted by atomic mass is 32.2. The first-order chi connectivity index (χ1) is 37.3. The van der Waals surface area contributed by atoms with Crippen LogP contribution in [0.1, 0.15) is 117 Å². The van der Waals surface area contributed by atoms with E-state index in [1.165, 1.54) is 28.7 Å². The number of hydrogen-bond acceptors (Lipinski definition) is 15. The van der Waals surface area contributed by atoms with Crippen LogP contribution in [-0.4, -0.2) is 83.8 Å². The van der Waals surface area contributed by atoms with Gasteiger partial charge in [0.1, 0.15) is 17.5 Å². The minimum atomic E-state index is -4.84. The van der Waals surface area contributed by atoms with Gasteiger partial charge in [-0.05, 0) is 147 Å². The number of thioether (sulfide) groups is 1. The Morgan fingerprint density at radius 3 is 2.16 bits per heavy atom. The Kier molecular flexibility index (Phi) is 19.9. The molecule has 1 N–H and O–H groups in total. The van der Waals surface area contributed by atoms with Crippen LogP contribution >= 0.6 is 23.1 Å². The van der Waals surface area contributed by atoms with E-state index in [-0.39, 0.29) is 37.8 Å². The lowest BCUT2D eigenvalue weighted by molar-refractivity contribution is -0.153.